The van der Waals surface area contributed by atoms with Gasteiger partial charge in [-0.25, -0.2) is 22.4 Å². The fourth-order valence-electron chi connectivity index (χ4n) is 7.31. The third-order valence-electron chi connectivity index (χ3n) is 9.33. The monoisotopic (exact) mass is 668 g/mol. The molecule has 2 aliphatic heterocycles. The maximum Gasteiger partial charge on any atom is 1.00 e. The Morgan fingerprint density at radius 1 is 0.867 bits per heavy atom. The van der Waals surface area contributed by atoms with Crippen LogP contribution in [0.3, 0.4) is 0 Å². The molecule has 3 N–H and O–H groups in total. The van der Waals surface area contributed by atoms with Crippen LogP contribution in [0.5, 0.6) is 0 Å². The Balaban J connectivity index is 0.000000172. The molecular weight excluding hydrogens is 638 g/mol. The topological polar surface area (TPSA) is 88.0 Å². The maximum atomic E-state index is 13.6. The second-order valence-electron chi connectivity index (χ2n) is 11.7. The molecule has 2 aliphatic carbocycles. The number of hydrogen-bond donors (Lipinski definition) is 3. The number of rotatable bonds is 5. The molecular formula is C30H30AlF4LiN4O3S2. The van der Waals surface area contributed by atoms with E-state index in [0.717, 1.165) is 42.1 Å². The van der Waals surface area contributed by atoms with E-state index >= 15 is 0 Å². The van der Waals surface area contributed by atoms with Crippen molar-refractivity contribution in [2.75, 3.05) is 6.61 Å². The summed E-state index contributed by atoms with van der Waals surface area (Å²) < 4.78 is 63.8. The van der Waals surface area contributed by atoms with E-state index in [0.29, 0.717) is 39.5 Å². The Bertz CT molecular complexity index is 1920. The maximum absolute atomic E-state index is 13.6. The van der Waals surface area contributed by atoms with Crippen molar-refractivity contribution in [3.63, 3.8) is 0 Å². The summed E-state index contributed by atoms with van der Waals surface area (Å²) in [6.07, 6.45) is 1.59. The van der Waals surface area contributed by atoms with E-state index in [4.69, 9.17) is 29.2 Å². The van der Waals surface area contributed by atoms with Crippen LogP contribution in [-0.2, 0) is 35.3 Å². The summed E-state index contributed by atoms with van der Waals surface area (Å²) in [4.78, 5) is 18.0. The number of aromatic nitrogens is 4. The number of aliphatic hydroxyl groups excluding tert-OH is 1. The van der Waals surface area contributed by atoms with Crippen LogP contribution in [0.1, 0.15) is 70.3 Å². The first-order valence-corrected chi connectivity index (χ1v) is 14.7. The summed E-state index contributed by atoms with van der Waals surface area (Å²) in [5.41, 5.74) is 3.53. The van der Waals surface area contributed by atoms with E-state index < -0.39 is 29.2 Å². The zero-order valence-electron chi connectivity index (χ0n) is 23.8. The predicted molar refractivity (Wildman–Crippen MR) is 163 cm³/mol. The first-order chi connectivity index (χ1) is 20.5. The molecule has 4 atom stereocenters. The SMILES string of the molecule is CCOC(=O)c1[nH]c(=S)n2c1[C@@H]1C[C@]1(c1cc(F)cc(F)c1)C2.OCc1[nH]c(=S)n2c1[C@@H]1C[C@]1(c1cc(F)cc(F)c1)C2.[AlH4-].[Li+]. The molecule has 0 bridgehead atoms. The number of aromatic amines is 2. The number of esters is 1. The van der Waals surface area contributed by atoms with Crippen LogP contribution in [0.15, 0.2) is 36.4 Å². The minimum absolute atomic E-state index is 0. The van der Waals surface area contributed by atoms with Gasteiger partial charge in [0.05, 0.1) is 24.6 Å². The zero-order chi connectivity index (χ0) is 30.4. The number of H-pyrrole nitrogens is 2. The van der Waals surface area contributed by atoms with E-state index in [2.05, 4.69) is 9.97 Å². The average Bonchev–Trinajstić information content (AvgIpc) is 3.66. The molecule has 4 aromatic rings. The Hall–Kier alpha value is -2.42. The van der Waals surface area contributed by atoms with Crippen molar-refractivity contribution < 1.29 is 51.1 Å². The van der Waals surface area contributed by atoms with Crippen molar-refractivity contribution >= 4 is 47.8 Å². The largest absolute Gasteiger partial charge is 1.00 e. The first-order valence-electron chi connectivity index (χ1n) is 13.9. The summed E-state index contributed by atoms with van der Waals surface area (Å²) in [5.74, 6) is -2.52. The Morgan fingerprint density at radius 3 is 1.78 bits per heavy atom. The van der Waals surface area contributed by atoms with Crippen molar-refractivity contribution in [3.8, 4) is 0 Å². The number of imidazole rings is 2. The molecule has 2 aromatic heterocycles. The Kier molecular flexibility index (Phi) is 9.04. The summed E-state index contributed by atoms with van der Waals surface area (Å²) >= 11 is 10.5. The first kappa shape index (κ1) is 33.9. The summed E-state index contributed by atoms with van der Waals surface area (Å²) in [6, 6.07) is 7.29. The van der Waals surface area contributed by atoms with Gasteiger partial charge in [0.25, 0.3) is 0 Å². The molecule has 2 aromatic carbocycles. The average molecular weight is 669 g/mol. The molecule has 7 nitrogen and oxygen atoms in total. The summed E-state index contributed by atoms with van der Waals surface area (Å²) in [7, 11) is 0. The molecule has 0 saturated heterocycles. The van der Waals surface area contributed by atoms with E-state index in [-0.39, 0.29) is 72.1 Å². The molecule has 2 saturated carbocycles. The number of halogens is 4. The van der Waals surface area contributed by atoms with E-state index in [1.807, 2.05) is 9.13 Å². The molecule has 2 fully saturated rings. The number of fused-ring (bicyclic) bond motifs is 6. The van der Waals surface area contributed by atoms with Crippen LogP contribution in [0.25, 0.3) is 0 Å². The van der Waals surface area contributed by atoms with Gasteiger partial charge in [-0.1, -0.05) is 0 Å². The fourth-order valence-corrected chi connectivity index (χ4v) is 7.87. The molecule has 4 aliphatic rings. The van der Waals surface area contributed by atoms with Crippen molar-refractivity contribution in [2.24, 2.45) is 0 Å². The standard InChI is InChI=1S/C16H14F2N2O2S.C14H12F2N2OS.Al.Li.4H/c1-2-22-14(21)12-13-11-6-16(11,7-20(13)15(23)19-12)8-3-9(17)5-10(18)4-8;15-8-1-7(2-9(16)3-8)14-4-10(14)12-11(5-19)17-13(20)18(12)6-14;;;;;;/h3-5,11H,2,6-7H2,1H3,(H,19,23);1-3,10,19H,4-6H2,(H,17,20);;;;;;/q;;-1;+1;;;;/t11-,16+;10-,14+;;;;;;/m00....../s1. The van der Waals surface area contributed by atoms with Crippen molar-refractivity contribution in [2.45, 2.75) is 62.1 Å². The Morgan fingerprint density at radius 2 is 1.31 bits per heavy atom. The van der Waals surface area contributed by atoms with Gasteiger partial charge in [0.1, 0.15) is 29.0 Å². The molecule has 0 radical (unpaired) electrons. The molecule has 8 rings (SSSR count). The summed E-state index contributed by atoms with van der Waals surface area (Å²) in [6.45, 7) is 3.04. The fraction of sp³-hybridized carbons (Fsp3) is 0.367. The third kappa shape index (κ3) is 5.33. The smallest absolute Gasteiger partial charge is 0.461 e. The van der Waals surface area contributed by atoms with Gasteiger partial charge in [-0.15, -0.1) is 0 Å². The van der Waals surface area contributed by atoms with Gasteiger partial charge in [-0.3, -0.25) is 0 Å². The number of hydrogen-bond acceptors (Lipinski definition) is 5. The van der Waals surface area contributed by atoms with Crippen LogP contribution >= 0.6 is 24.4 Å². The quantitative estimate of drug-likeness (QED) is 0.131. The number of carbonyl (C=O) groups excluding carboxylic acids is 1. The molecule has 45 heavy (non-hydrogen) atoms. The minimum atomic E-state index is -0.590. The molecule has 0 unspecified atom stereocenters. The number of nitrogens with zero attached hydrogens (tertiary/aromatic N) is 2. The van der Waals surface area contributed by atoms with Crippen molar-refractivity contribution in [1.82, 2.24) is 19.1 Å². The predicted octanol–water partition coefficient (Wildman–Crippen LogP) is 1.75. The molecule has 0 spiro atoms. The van der Waals surface area contributed by atoms with Crippen molar-refractivity contribution in [1.29, 1.82) is 0 Å². The zero-order valence-corrected chi connectivity index (χ0v) is 25.5. The number of aliphatic hydroxyl groups is 1. The van der Waals surface area contributed by atoms with Gasteiger partial charge >= 0.3 is 24.8 Å². The van der Waals surface area contributed by atoms with Gasteiger partial charge in [-0.05, 0) is 79.6 Å². The number of carbonyl (C=O) groups is 1. The number of benzene rings is 2. The number of ether oxygens (including phenoxy) is 1. The van der Waals surface area contributed by atoms with Crippen LogP contribution < -0.4 is 18.9 Å². The van der Waals surface area contributed by atoms with Crippen molar-refractivity contribution in [3.05, 3.63) is 103 Å². The normalized spacial score (nSPS) is 24.1. The Labute approximate surface area is 288 Å². The summed E-state index contributed by atoms with van der Waals surface area (Å²) in [5, 5.41) is 9.38. The van der Waals surface area contributed by atoms with Crippen LogP contribution in [0.4, 0.5) is 17.6 Å². The van der Waals surface area contributed by atoms with Gasteiger partial charge in [0, 0.05) is 70.9 Å². The minimum Gasteiger partial charge on any atom is -0.461 e. The number of nitrogens with one attached hydrogen (secondary N) is 2. The van der Waals surface area contributed by atoms with E-state index in [9.17, 15) is 27.5 Å². The second kappa shape index (κ2) is 12.0. The van der Waals surface area contributed by atoms with Gasteiger partial charge in [0.15, 0.2) is 9.54 Å². The van der Waals surface area contributed by atoms with Gasteiger partial charge < -0.3 is 28.9 Å². The van der Waals surface area contributed by atoms with Gasteiger partial charge in [0.2, 0.25) is 0 Å². The van der Waals surface area contributed by atoms with Crippen LogP contribution in [0.2, 0.25) is 0 Å². The molecule has 15 heteroatoms. The molecule has 4 heterocycles. The molecule has 0 amide bonds. The second-order valence-corrected chi connectivity index (χ2v) is 12.5. The molecule has 232 valence electrons. The van der Waals surface area contributed by atoms with E-state index in [1.54, 1.807) is 6.92 Å². The van der Waals surface area contributed by atoms with E-state index in [1.165, 1.54) is 24.3 Å². The third-order valence-corrected chi connectivity index (χ3v) is 9.98. The van der Waals surface area contributed by atoms with Crippen LogP contribution in [0, 0.1) is 32.8 Å². The van der Waals surface area contributed by atoms with Gasteiger partial charge in [-0.2, -0.15) is 0 Å². The van der Waals surface area contributed by atoms with Crippen LogP contribution in [-0.4, -0.2) is 54.1 Å².